The molecule has 4 nitrogen and oxygen atoms in total. The van der Waals surface area contributed by atoms with Gasteiger partial charge >= 0.3 is 0 Å². The summed E-state index contributed by atoms with van der Waals surface area (Å²) >= 11 is 0. The van der Waals surface area contributed by atoms with Crippen molar-refractivity contribution in [1.82, 2.24) is 9.78 Å². The third kappa shape index (κ3) is 1.47. The summed E-state index contributed by atoms with van der Waals surface area (Å²) in [5.41, 5.74) is 5.81. The highest BCUT2D eigenvalue weighted by molar-refractivity contribution is 4.93. The molecule has 0 unspecified atom stereocenters. The fourth-order valence-corrected chi connectivity index (χ4v) is 1.83. The van der Waals surface area contributed by atoms with Crippen LogP contribution in [0.2, 0.25) is 0 Å². The van der Waals surface area contributed by atoms with Crippen LogP contribution in [-0.2, 0) is 10.3 Å². The molecule has 0 aromatic carbocycles. The maximum absolute atomic E-state index is 5.81. The lowest BCUT2D eigenvalue weighted by Gasteiger charge is -2.36. The van der Waals surface area contributed by atoms with E-state index in [4.69, 9.17) is 10.5 Å². The van der Waals surface area contributed by atoms with Gasteiger partial charge in [-0.1, -0.05) is 0 Å². The Morgan fingerprint density at radius 3 is 2.77 bits per heavy atom. The Morgan fingerprint density at radius 1 is 1.46 bits per heavy atom. The SMILES string of the molecule is NCC1(n2cccn2)CCOCC1. The minimum atomic E-state index is 0.00174. The summed E-state index contributed by atoms with van der Waals surface area (Å²) in [6.45, 7) is 2.21. The molecule has 0 atom stereocenters. The van der Waals surface area contributed by atoms with Crippen LogP contribution in [-0.4, -0.2) is 29.5 Å². The van der Waals surface area contributed by atoms with Gasteiger partial charge in [0.15, 0.2) is 0 Å². The van der Waals surface area contributed by atoms with Gasteiger partial charge in [-0.2, -0.15) is 5.10 Å². The topological polar surface area (TPSA) is 53.1 Å². The molecule has 4 heteroatoms. The van der Waals surface area contributed by atoms with Crippen molar-refractivity contribution in [2.45, 2.75) is 18.4 Å². The Hall–Kier alpha value is -0.870. The molecular weight excluding hydrogens is 166 g/mol. The Bertz CT molecular complexity index is 252. The molecule has 0 radical (unpaired) electrons. The van der Waals surface area contributed by atoms with Crippen LogP contribution in [0.25, 0.3) is 0 Å². The van der Waals surface area contributed by atoms with Gasteiger partial charge in [0.05, 0.1) is 5.54 Å². The zero-order valence-electron chi connectivity index (χ0n) is 7.65. The molecule has 2 rings (SSSR count). The highest BCUT2D eigenvalue weighted by Gasteiger charge is 2.33. The number of ether oxygens (including phenoxy) is 1. The third-order valence-corrected chi connectivity index (χ3v) is 2.79. The highest BCUT2D eigenvalue weighted by atomic mass is 16.5. The molecule has 2 heterocycles. The molecular formula is C9H15N3O. The summed E-state index contributed by atoms with van der Waals surface area (Å²) < 4.78 is 7.31. The number of nitrogens with zero attached hydrogens (tertiary/aromatic N) is 2. The van der Waals surface area contributed by atoms with Gasteiger partial charge < -0.3 is 10.5 Å². The molecule has 0 aliphatic carbocycles. The van der Waals surface area contributed by atoms with Crippen LogP contribution in [0, 0.1) is 0 Å². The lowest BCUT2D eigenvalue weighted by molar-refractivity contribution is 0.0193. The maximum Gasteiger partial charge on any atom is 0.0792 e. The van der Waals surface area contributed by atoms with Gasteiger partial charge in [0, 0.05) is 32.2 Å². The average molecular weight is 181 g/mol. The van der Waals surface area contributed by atoms with Gasteiger partial charge in [-0.05, 0) is 18.9 Å². The normalized spacial score (nSPS) is 21.6. The van der Waals surface area contributed by atoms with Crippen LogP contribution in [0.4, 0.5) is 0 Å². The second kappa shape index (κ2) is 3.47. The maximum atomic E-state index is 5.81. The van der Waals surface area contributed by atoms with E-state index in [9.17, 15) is 0 Å². The Kier molecular flexibility index (Phi) is 2.33. The van der Waals surface area contributed by atoms with Crippen molar-refractivity contribution in [2.75, 3.05) is 19.8 Å². The van der Waals surface area contributed by atoms with Crippen LogP contribution in [0.5, 0.6) is 0 Å². The van der Waals surface area contributed by atoms with Gasteiger partial charge in [-0.15, -0.1) is 0 Å². The van der Waals surface area contributed by atoms with Crippen LogP contribution < -0.4 is 5.73 Å². The molecule has 1 aliphatic heterocycles. The van der Waals surface area contributed by atoms with Gasteiger partial charge in [0.1, 0.15) is 0 Å². The van der Waals surface area contributed by atoms with Crippen LogP contribution in [0.1, 0.15) is 12.8 Å². The van der Waals surface area contributed by atoms with E-state index in [1.165, 1.54) is 0 Å². The molecule has 1 saturated heterocycles. The van der Waals surface area contributed by atoms with E-state index in [0.717, 1.165) is 26.1 Å². The van der Waals surface area contributed by atoms with Crippen molar-refractivity contribution < 1.29 is 4.74 Å². The molecule has 72 valence electrons. The Balaban J connectivity index is 2.23. The van der Waals surface area contributed by atoms with E-state index >= 15 is 0 Å². The molecule has 0 amide bonds. The molecule has 1 aromatic rings. The molecule has 0 spiro atoms. The van der Waals surface area contributed by atoms with Crippen LogP contribution >= 0.6 is 0 Å². The minimum Gasteiger partial charge on any atom is -0.381 e. The highest BCUT2D eigenvalue weighted by Crippen LogP contribution is 2.26. The van der Waals surface area contributed by atoms with E-state index in [0.29, 0.717) is 6.54 Å². The van der Waals surface area contributed by atoms with Crippen LogP contribution in [0.3, 0.4) is 0 Å². The van der Waals surface area contributed by atoms with Gasteiger partial charge in [0.2, 0.25) is 0 Å². The Morgan fingerprint density at radius 2 is 2.23 bits per heavy atom. The second-order valence-electron chi connectivity index (χ2n) is 3.49. The zero-order chi connectivity index (χ0) is 9.15. The van der Waals surface area contributed by atoms with E-state index in [1.54, 1.807) is 6.20 Å². The van der Waals surface area contributed by atoms with Gasteiger partial charge in [0.25, 0.3) is 0 Å². The number of hydrogen-bond donors (Lipinski definition) is 1. The van der Waals surface area contributed by atoms with Crippen molar-refractivity contribution >= 4 is 0 Å². The number of rotatable bonds is 2. The van der Waals surface area contributed by atoms with E-state index in [2.05, 4.69) is 5.10 Å². The first kappa shape index (κ1) is 8.72. The number of nitrogens with two attached hydrogens (primary N) is 1. The van der Waals surface area contributed by atoms with Crippen molar-refractivity contribution in [2.24, 2.45) is 5.73 Å². The van der Waals surface area contributed by atoms with E-state index in [-0.39, 0.29) is 5.54 Å². The second-order valence-corrected chi connectivity index (χ2v) is 3.49. The van der Waals surface area contributed by atoms with E-state index in [1.807, 2.05) is 16.9 Å². The number of hydrogen-bond acceptors (Lipinski definition) is 3. The third-order valence-electron chi connectivity index (χ3n) is 2.79. The molecule has 0 saturated carbocycles. The van der Waals surface area contributed by atoms with Gasteiger partial charge in [-0.3, -0.25) is 4.68 Å². The van der Waals surface area contributed by atoms with E-state index < -0.39 is 0 Å². The fraction of sp³-hybridized carbons (Fsp3) is 0.667. The molecule has 2 N–H and O–H groups in total. The van der Waals surface area contributed by atoms with Crippen molar-refractivity contribution in [1.29, 1.82) is 0 Å². The predicted molar refractivity (Wildman–Crippen MR) is 49.3 cm³/mol. The summed E-state index contributed by atoms with van der Waals surface area (Å²) in [7, 11) is 0. The Labute approximate surface area is 77.7 Å². The smallest absolute Gasteiger partial charge is 0.0792 e. The quantitative estimate of drug-likeness (QED) is 0.716. The van der Waals surface area contributed by atoms with Crippen molar-refractivity contribution in [3.05, 3.63) is 18.5 Å². The summed E-state index contributed by atoms with van der Waals surface area (Å²) in [4.78, 5) is 0. The van der Waals surface area contributed by atoms with Crippen molar-refractivity contribution in [3.63, 3.8) is 0 Å². The monoisotopic (exact) mass is 181 g/mol. The molecule has 1 fully saturated rings. The van der Waals surface area contributed by atoms with Crippen LogP contribution in [0.15, 0.2) is 18.5 Å². The number of aromatic nitrogens is 2. The first-order valence-corrected chi connectivity index (χ1v) is 4.65. The molecule has 13 heavy (non-hydrogen) atoms. The fourth-order valence-electron chi connectivity index (χ4n) is 1.83. The molecule has 1 aromatic heterocycles. The average Bonchev–Trinajstić information content (AvgIpc) is 2.72. The van der Waals surface area contributed by atoms with Crippen molar-refractivity contribution in [3.8, 4) is 0 Å². The summed E-state index contributed by atoms with van der Waals surface area (Å²) in [5, 5.41) is 4.26. The first-order chi connectivity index (χ1) is 6.37. The summed E-state index contributed by atoms with van der Waals surface area (Å²) in [6.07, 6.45) is 5.71. The standard InChI is InChI=1S/C9H15N3O/c10-8-9(2-6-13-7-3-9)12-5-1-4-11-12/h1,4-5H,2-3,6-8,10H2. The predicted octanol–water partition coefficient (Wildman–Crippen LogP) is 0.347. The first-order valence-electron chi connectivity index (χ1n) is 4.65. The largest absolute Gasteiger partial charge is 0.381 e. The minimum absolute atomic E-state index is 0.00174. The zero-order valence-corrected chi connectivity index (χ0v) is 7.65. The summed E-state index contributed by atoms with van der Waals surface area (Å²) in [5.74, 6) is 0. The van der Waals surface area contributed by atoms with Gasteiger partial charge in [-0.25, -0.2) is 0 Å². The summed E-state index contributed by atoms with van der Waals surface area (Å²) in [6, 6.07) is 1.94. The lowest BCUT2D eigenvalue weighted by Crippen LogP contribution is -2.45. The molecule has 0 bridgehead atoms. The molecule has 1 aliphatic rings. The lowest BCUT2D eigenvalue weighted by atomic mass is 9.90.